The second-order valence-electron chi connectivity index (χ2n) is 19.0. The molecule has 2 aliphatic heterocycles. The van der Waals surface area contributed by atoms with Crippen LogP contribution in [0.5, 0.6) is 0 Å². The third-order valence-corrected chi connectivity index (χ3v) is 12.0. The number of carbonyl (C=O) groups is 6. The van der Waals surface area contributed by atoms with Crippen LogP contribution in [0.3, 0.4) is 0 Å². The van der Waals surface area contributed by atoms with Gasteiger partial charge < -0.3 is 35.2 Å². The van der Waals surface area contributed by atoms with E-state index in [0.717, 1.165) is 38.9 Å². The predicted octanol–water partition coefficient (Wildman–Crippen LogP) is 6.97. The normalized spacial score (nSPS) is 19.7. The van der Waals surface area contributed by atoms with Crippen molar-refractivity contribution in [2.24, 2.45) is 62.6 Å². The molecule has 2 aliphatic rings. The molecule has 16 nitrogen and oxygen atoms in total. The fraction of sp³-hybridized carbons (Fsp3) is 0.851. The van der Waals surface area contributed by atoms with Crippen molar-refractivity contribution < 1.29 is 48.5 Å². The van der Waals surface area contributed by atoms with Crippen LogP contribution in [0, 0.1) is 64.2 Å². The Balaban J connectivity index is -0.000000997. The minimum Gasteiger partial charge on any atom is -0.481 e. The van der Waals surface area contributed by atoms with Crippen LogP contribution in [0.2, 0.25) is 0 Å². The standard InChI is InChI=1S/C26H46N2O6.C10H15O3.C5H13N3.C4H11N.C2H6O/c1-10-25(4,5)20-18(21(29)28(22(20)30)16-12-15-27(8)9)13-14-26(6,7)19(23(31)32)17(3)24(33)34-11-2;1-5-10(3,4)7-6(2)8(11)13-9(7)12;1-8(2)5-3-4-7-6;1-2-3-4-5;1-2-3/h17-20H,10-16H2,1-9H3,(H,31,32);6-7H,2,5H2,1,3-4H3;6H,3-5H2,1-2H3;2-5H2,1H3;3H,2H2,1H3/q;+1;;;. The lowest BCUT2D eigenvalue weighted by molar-refractivity contribution is -0.161. The Morgan fingerprint density at radius 1 is 0.873 bits per heavy atom. The monoisotopic (exact) mass is 900 g/mol. The van der Waals surface area contributed by atoms with Crippen LogP contribution in [-0.2, 0) is 38.2 Å². The van der Waals surface area contributed by atoms with E-state index < -0.39 is 58.9 Å². The van der Waals surface area contributed by atoms with E-state index >= 15 is 0 Å². The lowest BCUT2D eigenvalue weighted by Crippen LogP contribution is -2.41. The molecule has 0 saturated carbocycles. The van der Waals surface area contributed by atoms with Crippen LogP contribution in [-0.4, -0.2) is 135 Å². The SMILES string of the molecule is CCCCN.CCO.CCOC(=O)C(C)C(C(=O)O)C(C)(C)CCC1C(=O)N(CCCN(C)C)C(=O)C1C(C)(C)CC.CN(C)CCCN=N.[CH2+]C1C(=O)OC(=O)C1C(C)(C)CC. The number of amides is 2. The maximum atomic E-state index is 13.4. The molecule has 0 aromatic carbocycles. The Hall–Kier alpha value is -3.47. The zero-order chi connectivity index (χ0) is 49.9. The van der Waals surface area contributed by atoms with E-state index in [0.29, 0.717) is 32.4 Å². The molecule has 6 atom stereocenters. The van der Waals surface area contributed by atoms with Gasteiger partial charge in [-0.2, -0.15) is 5.11 Å². The Labute approximate surface area is 381 Å². The van der Waals surface area contributed by atoms with Crippen molar-refractivity contribution in [1.29, 1.82) is 5.53 Å². The number of carboxylic acids is 1. The number of carboxylic acid groups (broad SMARTS) is 1. The van der Waals surface area contributed by atoms with Crippen LogP contribution in [0.4, 0.5) is 0 Å². The maximum Gasteiger partial charge on any atom is 0.362 e. The van der Waals surface area contributed by atoms with Crippen LogP contribution in [0.25, 0.3) is 0 Å². The summed E-state index contributed by atoms with van der Waals surface area (Å²) in [5, 5.41) is 20.7. The molecule has 16 heteroatoms. The summed E-state index contributed by atoms with van der Waals surface area (Å²) in [6.45, 7) is 30.5. The van der Waals surface area contributed by atoms with E-state index in [4.69, 9.17) is 21.1 Å². The number of nitrogens with one attached hydrogen (secondary N) is 1. The second-order valence-corrected chi connectivity index (χ2v) is 19.0. The fourth-order valence-corrected chi connectivity index (χ4v) is 7.56. The molecule has 368 valence electrons. The molecule has 5 N–H and O–H groups in total. The Morgan fingerprint density at radius 2 is 1.37 bits per heavy atom. The molecule has 2 saturated heterocycles. The molecule has 0 aromatic rings. The molecular weight excluding hydrogens is 809 g/mol. The number of aliphatic hydroxyl groups excluding tert-OH is 1. The van der Waals surface area contributed by atoms with E-state index in [1.54, 1.807) is 20.8 Å². The first-order valence-corrected chi connectivity index (χ1v) is 22.9. The molecule has 0 aliphatic carbocycles. The number of hydrogen-bond acceptors (Lipinski definition) is 14. The van der Waals surface area contributed by atoms with E-state index in [9.17, 15) is 33.9 Å². The van der Waals surface area contributed by atoms with Gasteiger partial charge in [0.15, 0.2) is 0 Å². The van der Waals surface area contributed by atoms with Crippen LogP contribution >= 0.6 is 0 Å². The first-order valence-electron chi connectivity index (χ1n) is 22.9. The fourth-order valence-electron chi connectivity index (χ4n) is 7.56. The van der Waals surface area contributed by atoms with Gasteiger partial charge in [-0.25, -0.2) is 10.3 Å². The second kappa shape index (κ2) is 32.2. The maximum absolute atomic E-state index is 13.4. The van der Waals surface area contributed by atoms with Gasteiger partial charge in [0.05, 0.1) is 43.7 Å². The number of unbranched alkanes of at least 4 members (excludes halogenated alkanes) is 1. The summed E-state index contributed by atoms with van der Waals surface area (Å²) in [7, 11) is 7.95. The van der Waals surface area contributed by atoms with Gasteiger partial charge in [-0.15, -0.1) is 0 Å². The third kappa shape index (κ3) is 22.8. The number of rotatable bonds is 22. The lowest BCUT2D eigenvalue weighted by atomic mass is 9.65. The molecule has 63 heavy (non-hydrogen) atoms. The summed E-state index contributed by atoms with van der Waals surface area (Å²) < 4.78 is 9.61. The van der Waals surface area contributed by atoms with E-state index in [1.165, 1.54) is 17.7 Å². The van der Waals surface area contributed by atoms with Crippen LogP contribution in [0.1, 0.15) is 134 Å². The summed E-state index contributed by atoms with van der Waals surface area (Å²) in [5.74, 6) is -6.42. The molecule has 0 spiro atoms. The van der Waals surface area contributed by atoms with E-state index in [1.807, 2.05) is 88.5 Å². The highest BCUT2D eigenvalue weighted by Gasteiger charge is 2.54. The molecule has 2 fully saturated rings. The Morgan fingerprint density at radius 3 is 1.73 bits per heavy atom. The summed E-state index contributed by atoms with van der Waals surface area (Å²) >= 11 is 0. The molecule has 2 rings (SSSR count). The summed E-state index contributed by atoms with van der Waals surface area (Å²) in [5.41, 5.74) is 10.2. The van der Waals surface area contributed by atoms with Crippen LogP contribution in [0.15, 0.2) is 5.11 Å². The summed E-state index contributed by atoms with van der Waals surface area (Å²) in [6.07, 6.45) is 6.47. The Kier molecular flexibility index (Phi) is 32.6. The molecule has 6 unspecified atom stereocenters. The highest BCUT2D eigenvalue weighted by atomic mass is 16.6. The van der Waals surface area contributed by atoms with Crippen molar-refractivity contribution in [3.05, 3.63) is 6.92 Å². The Bertz CT molecular complexity index is 1370. The van der Waals surface area contributed by atoms with Crippen molar-refractivity contribution >= 4 is 35.7 Å². The van der Waals surface area contributed by atoms with Gasteiger partial charge in [-0.05, 0) is 116 Å². The minimum absolute atomic E-state index is 0.118. The van der Waals surface area contributed by atoms with Crippen molar-refractivity contribution in [2.75, 3.05) is 74.1 Å². The van der Waals surface area contributed by atoms with E-state index in [2.05, 4.69) is 28.6 Å². The van der Waals surface area contributed by atoms with Crippen molar-refractivity contribution in [1.82, 2.24) is 14.7 Å². The predicted molar refractivity (Wildman–Crippen MR) is 248 cm³/mol. The average molecular weight is 900 g/mol. The first-order chi connectivity index (χ1) is 29.1. The number of nitrogens with two attached hydrogens (primary N) is 1. The van der Waals surface area contributed by atoms with Gasteiger partial charge in [-0.3, -0.25) is 28.9 Å². The van der Waals surface area contributed by atoms with Crippen molar-refractivity contribution in [3.8, 4) is 0 Å². The smallest absolute Gasteiger partial charge is 0.362 e. The van der Waals surface area contributed by atoms with Crippen molar-refractivity contribution in [2.45, 2.75) is 134 Å². The lowest BCUT2D eigenvalue weighted by Gasteiger charge is -2.37. The summed E-state index contributed by atoms with van der Waals surface area (Å²) in [6, 6.07) is 0. The van der Waals surface area contributed by atoms with Gasteiger partial charge in [-0.1, -0.05) is 82.1 Å². The molecule has 2 amide bonds. The number of carbonyl (C=O) groups excluding carboxylic acids is 5. The van der Waals surface area contributed by atoms with E-state index in [-0.39, 0.29) is 41.8 Å². The van der Waals surface area contributed by atoms with Gasteiger partial charge in [0, 0.05) is 13.2 Å². The summed E-state index contributed by atoms with van der Waals surface area (Å²) in [4.78, 5) is 79.2. The topological polar surface area (TPSA) is 233 Å². The number of ether oxygens (including phenoxy) is 2. The van der Waals surface area contributed by atoms with Gasteiger partial charge in [0.1, 0.15) is 5.92 Å². The molecule has 0 bridgehead atoms. The number of esters is 3. The average Bonchev–Trinajstić information content (AvgIpc) is 3.59. The van der Waals surface area contributed by atoms with Gasteiger partial charge in [0.25, 0.3) is 0 Å². The quantitative estimate of drug-likeness (QED) is 0.0215. The molecule has 0 radical (unpaired) electrons. The molecule has 2 heterocycles. The number of imide groups is 1. The highest BCUT2D eigenvalue weighted by Crippen LogP contribution is 2.47. The number of aliphatic carboxylic acids is 1. The number of hydrogen-bond donors (Lipinski definition) is 4. The highest BCUT2D eigenvalue weighted by molar-refractivity contribution is 6.05. The number of aliphatic hydroxyl groups is 1. The third-order valence-electron chi connectivity index (χ3n) is 12.0. The number of likely N-dealkylation sites (tertiary alicyclic amines) is 1. The minimum atomic E-state index is -1.06. The zero-order valence-electron chi connectivity index (χ0n) is 42.3. The molecule has 0 aromatic heterocycles. The zero-order valence-corrected chi connectivity index (χ0v) is 42.3. The number of cyclic esters (lactones) is 2. The van der Waals surface area contributed by atoms with Gasteiger partial charge >= 0.3 is 23.9 Å². The van der Waals surface area contributed by atoms with Gasteiger partial charge in [0.2, 0.25) is 17.7 Å². The van der Waals surface area contributed by atoms with Crippen LogP contribution < -0.4 is 5.73 Å². The molecular formula is C47H91N6O10+. The first kappa shape index (κ1) is 63.8. The number of nitrogens with zero attached hydrogens (tertiary/aromatic N) is 4. The van der Waals surface area contributed by atoms with Crippen molar-refractivity contribution in [3.63, 3.8) is 0 Å². The largest absolute Gasteiger partial charge is 0.481 e.